The van der Waals surface area contributed by atoms with Gasteiger partial charge in [0.25, 0.3) is 0 Å². The molecule has 0 spiro atoms. The molecule has 0 aliphatic carbocycles. The van der Waals surface area contributed by atoms with E-state index >= 15 is 0 Å². The lowest BCUT2D eigenvalue weighted by Gasteiger charge is -2.19. The van der Waals surface area contributed by atoms with E-state index in [-0.39, 0.29) is 11.9 Å². The molecule has 0 heterocycles. The molecule has 1 N–H and O–H groups in total. The predicted octanol–water partition coefficient (Wildman–Crippen LogP) is 3.35. The summed E-state index contributed by atoms with van der Waals surface area (Å²) in [5, 5.41) is 2.77. The zero-order chi connectivity index (χ0) is 17.3. The summed E-state index contributed by atoms with van der Waals surface area (Å²) in [7, 11) is 3.98. The minimum absolute atomic E-state index is 0.0971. The molecule has 0 aromatic rings. The number of rotatable bonds is 7. The van der Waals surface area contributed by atoms with E-state index in [1.165, 1.54) is 4.90 Å². The molecule has 128 valence electrons. The molecule has 0 aliphatic rings. The van der Waals surface area contributed by atoms with Gasteiger partial charge in [0.15, 0.2) is 0 Å². The molecule has 0 saturated heterocycles. The van der Waals surface area contributed by atoms with E-state index in [9.17, 15) is 9.59 Å². The van der Waals surface area contributed by atoms with Crippen molar-refractivity contribution in [3.63, 3.8) is 0 Å². The van der Waals surface area contributed by atoms with E-state index < -0.39 is 0 Å². The van der Waals surface area contributed by atoms with Gasteiger partial charge >= 0.3 is 6.03 Å². The normalized spacial score (nSPS) is 9.00. The van der Waals surface area contributed by atoms with Gasteiger partial charge in [0.05, 0.1) is 0 Å². The van der Waals surface area contributed by atoms with Crippen molar-refractivity contribution in [2.24, 2.45) is 0 Å². The van der Waals surface area contributed by atoms with Gasteiger partial charge in [0, 0.05) is 19.5 Å². The minimum atomic E-state index is -0.273. The number of amides is 3. The van der Waals surface area contributed by atoms with Crippen molar-refractivity contribution in [3.8, 4) is 0 Å². The number of imide groups is 1. The summed E-state index contributed by atoms with van der Waals surface area (Å²) in [4.78, 5) is 26.7. The van der Waals surface area contributed by atoms with Crippen molar-refractivity contribution in [2.45, 2.75) is 60.8 Å². The first kappa shape index (κ1) is 24.9. The van der Waals surface area contributed by atoms with Crippen LogP contribution in [0.5, 0.6) is 0 Å². The van der Waals surface area contributed by atoms with E-state index in [2.05, 4.69) is 10.2 Å². The highest BCUT2D eigenvalue weighted by Gasteiger charge is 2.17. The molecular weight excluding hydrogens is 266 g/mol. The van der Waals surface area contributed by atoms with Crippen molar-refractivity contribution >= 4 is 11.9 Å². The molecule has 0 unspecified atom stereocenters. The Hall–Kier alpha value is -1.10. The van der Waals surface area contributed by atoms with Crippen molar-refractivity contribution in [2.75, 3.05) is 33.7 Å². The molecule has 0 radical (unpaired) electrons. The number of urea groups is 1. The minimum Gasteiger partial charge on any atom is -0.338 e. The summed E-state index contributed by atoms with van der Waals surface area (Å²) in [6.45, 7) is 13.7. The molecular formula is C16H37N3O2. The van der Waals surface area contributed by atoms with E-state index in [0.717, 1.165) is 19.4 Å². The first-order valence-corrected chi connectivity index (χ1v) is 8.25. The number of nitrogens with zero attached hydrogens (tertiary/aromatic N) is 2. The Morgan fingerprint density at radius 2 is 1.52 bits per heavy atom. The van der Waals surface area contributed by atoms with Crippen molar-refractivity contribution in [1.29, 1.82) is 0 Å². The molecule has 0 aromatic heterocycles. The first-order chi connectivity index (χ1) is 10.0. The topological polar surface area (TPSA) is 52.7 Å². The van der Waals surface area contributed by atoms with Crippen LogP contribution in [0.2, 0.25) is 0 Å². The average Bonchev–Trinajstić information content (AvgIpc) is 2.48. The van der Waals surface area contributed by atoms with Gasteiger partial charge in [0.2, 0.25) is 5.91 Å². The van der Waals surface area contributed by atoms with E-state index in [0.29, 0.717) is 19.5 Å². The number of nitrogens with one attached hydrogen (secondary N) is 1. The lowest BCUT2D eigenvalue weighted by Crippen LogP contribution is -2.44. The van der Waals surface area contributed by atoms with Crippen LogP contribution < -0.4 is 5.32 Å². The molecule has 0 aromatic carbocycles. The van der Waals surface area contributed by atoms with E-state index in [4.69, 9.17) is 0 Å². The Bertz CT molecular complexity index is 244. The number of carbonyl (C=O) groups excluding carboxylic acids is 2. The molecule has 0 fully saturated rings. The monoisotopic (exact) mass is 303 g/mol. The molecule has 0 aliphatic heterocycles. The standard InChI is InChI=1S/C12H25N3O2.2C2H6/c1-5-8-11(16)15(6-2)12(17)13-9-7-10-14(3)4;2*1-2/h5-10H2,1-4H3,(H,13,17);2*1-2H3. The fraction of sp³-hybridized carbons (Fsp3) is 0.875. The van der Waals surface area contributed by atoms with Gasteiger partial charge in [-0.2, -0.15) is 0 Å². The summed E-state index contributed by atoms with van der Waals surface area (Å²) in [5.74, 6) is -0.0971. The predicted molar refractivity (Wildman–Crippen MR) is 91.6 cm³/mol. The summed E-state index contributed by atoms with van der Waals surface area (Å²) >= 11 is 0. The van der Waals surface area contributed by atoms with Gasteiger partial charge in [0.1, 0.15) is 0 Å². The lowest BCUT2D eigenvalue weighted by atomic mass is 10.3. The van der Waals surface area contributed by atoms with E-state index in [1.54, 1.807) is 0 Å². The summed E-state index contributed by atoms with van der Waals surface area (Å²) in [5.41, 5.74) is 0. The average molecular weight is 303 g/mol. The Kier molecular flexibility index (Phi) is 22.4. The largest absolute Gasteiger partial charge is 0.338 e. The summed E-state index contributed by atoms with van der Waals surface area (Å²) in [6.07, 6.45) is 2.08. The van der Waals surface area contributed by atoms with Crippen LogP contribution in [0.4, 0.5) is 4.79 Å². The summed E-state index contributed by atoms with van der Waals surface area (Å²) < 4.78 is 0. The van der Waals surface area contributed by atoms with Gasteiger partial charge in [-0.15, -0.1) is 0 Å². The quantitative estimate of drug-likeness (QED) is 0.734. The number of hydrogen-bond donors (Lipinski definition) is 1. The number of carbonyl (C=O) groups is 2. The second-order valence-electron chi connectivity index (χ2n) is 4.28. The van der Waals surface area contributed by atoms with Crippen LogP contribution in [0.15, 0.2) is 0 Å². The van der Waals surface area contributed by atoms with Crippen molar-refractivity contribution in [1.82, 2.24) is 15.1 Å². The van der Waals surface area contributed by atoms with Gasteiger partial charge in [-0.05, 0) is 40.4 Å². The van der Waals surface area contributed by atoms with E-state index in [1.807, 2.05) is 55.6 Å². The van der Waals surface area contributed by atoms with Crippen molar-refractivity contribution in [3.05, 3.63) is 0 Å². The molecule has 0 saturated carbocycles. The Morgan fingerprint density at radius 3 is 1.90 bits per heavy atom. The molecule has 5 heteroatoms. The Balaban J connectivity index is -0.000000739. The van der Waals surface area contributed by atoms with Crippen LogP contribution in [0.1, 0.15) is 60.8 Å². The smallest absolute Gasteiger partial charge is 0.324 e. The third-order valence-corrected chi connectivity index (χ3v) is 2.38. The first-order valence-electron chi connectivity index (χ1n) is 8.25. The van der Waals surface area contributed by atoms with Crippen LogP contribution in [0.25, 0.3) is 0 Å². The zero-order valence-electron chi connectivity index (χ0n) is 15.5. The maximum absolute atomic E-state index is 11.7. The Morgan fingerprint density at radius 1 is 1.00 bits per heavy atom. The molecule has 0 bridgehead atoms. The third kappa shape index (κ3) is 15.1. The highest BCUT2D eigenvalue weighted by molar-refractivity contribution is 5.94. The maximum atomic E-state index is 11.7. The Labute approximate surface area is 132 Å². The van der Waals surface area contributed by atoms with Gasteiger partial charge < -0.3 is 10.2 Å². The molecule has 0 rings (SSSR count). The van der Waals surface area contributed by atoms with Gasteiger partial charge in [-0.25, -0.2) is 4.79 Å². The highest BCUT2D eigenvalue weighted by atomic mass is 16.2. The SMILES string of the molecule is CC.CC.CCCC(=O)N(CC)C(=O)NCCCN(C)C. The van der Waals surface area contributed by atoms with Crippen molar-refractivity contribution < 1.29 is 9.59 Å². The molecule has 3 amide bonds. The second-order valence-corrected chi connectivity index (χ2v) is 4.28. The van der Waals surface area contributed by atoms with Crippen LogP contribution in [-0.2, 0) is 4.79 Å². The summed E-state index contributed by atoms with van der Waals surface area (Å²) in [6, 6.07) is -0.273. The fourth-order valence-corrected chi connectivity index (χ4v) is 1.47. The fourth-order valence-electron chi connectivity index (χ4n) is 1.47. The zero-order valence-corrected chi connectivity index (χ0v) is 15.5. The molecule has 21 heavy (non-hydrogen) atoms. The van der Waals surface area contributed by atoms with Crippen LogP contribution >= 0.6 is 0 Å². The van der Waals surface area contributed by atoms with Gasteiger partial charge in [-0.3, -0.25) is 9.69 Å². The van der Waals surface area contributed by atoms with Crippen LogP contribution in [0.3, 0.4) is 0 Å². The number of hydrogen-bond acceptors (Lipinski definition) is 3. The van der Waals surface area contributed by atoms with Crippen LogP contribution in [0, 0.1) is 0 Å². The molecule has 0 atom stereocenters. The third-order valence-electron chi connectivity index (χ3n) is 2.38. The second kappa shape index (κ2) is 18.9. The lowest BCUT2D eigenvalue weighted by molar-refractivity contribution is -0.128. The highest BCUT2D eigenvalue weighted by Crippen LogP contribution is 1.98. The van der Waals surface area contributed by atoms with Crippen LogP contribution in [-0.4, -0.2) is 55.5 Å². The van der Waals surface area contributed by atoms with Gasteiger partial charge in [-0.1, -0.05) is 34.6 Å². The maximum Gasteiger partial charge on any atom is 0.324 e. The molecule has 5 nitrogen and oxygen atoms in total.